The Kier molecular flexibility index (Phi) is 8.13. The number of ether oxygens (including phenoxy) is 3. The number of amides is 1. The van der Waals surface area contributed by atoms with Crippen LogP contribution in [-0.4, -0.2) is 76.9 Å². The van der Waals surface area contributed by atoms with Gasteiger partial charge in [-0.2, -0.15) is 4.98 Å². The van der Waals surface area contributed by atoms with E-state index in [9.17, 15) is 29.4 Å². The summed E-state index contributed by atoms with van der Waals surface area (Å²) in [6.45, 7) is 8.15. The van der Waals surface area contributed by atoms with Crippen LogP contribution in [0, 0.1) is 0 Å². The second-order valence-electron chi connectivity index (χ2n) is 10.0. The molecule has 4 atom stereocenters. The van der Waals surface area contributed by atoms with Crippen molar-refractivity contribution in [3.63, 3.8) is 0 Å². The number of rotatable bonds is 8. The summed E-state index contributed by atoms with van der Waals surface area (Å²) >= 11 is 0. The number of pyridine rings is 1. The van der Waals surface area contributed by atoms with E-state index in [4.69, 9.17) is 19.9 Å². The van der Waals surface area contributed by atoms with Crippen LogP contribution in [0.15, 0.2) is 40.6 Å². The predicted molar refractivity (Wildman–Crippen MR) is 143 cm³/mol. The second-order valence-corrected chi connectivity index (χ2v) is 10.0. The van der Waals surface area contributed by atoms with Gasteiger partial charge < -0.3 is 30.2 Å². The Morgan fingerprint density at radius 3 is 2.63 bits per heavy atom. The van der Waals surface area contributed by atoms with Crippen molar-refractivity contribution in [2.75, 3.05) is 17.8 Å². The number of nitrogens with zero attached hydrogens (tertiary/aromatic N) is 4. The van der Waals surface area contributed by atoms with E-state index in [1.807, 2.05) is 0 Å². The number of nitrogens with one attached hydrogen (secondary N) is 3. The zero-order valence-electron chi connectivity index (χ0n) is 22.4. The maximum absolute atomic E-state index is 13.2. The first-order chi connectivity index (χ1) is 19.3. The number of aromatic nitrogens is 5. The van der Waals surface area contributed by atoms with Crippen LogP contribution in [0.5, 0.6) is 0 Å². The number of aromatic amines is 1. The van der Waals surface area contributed by atoms with Gasteiger partial charge in [0, 0.05) is 12.7 Å². The van der Waals surface area contributed by atoms with Crippen molar-refractivity contribution in [2.24, 2.45) is 0 Å². The number of carbonyl (C=O) groups excluding carboxylic acids is 2. The molecule has 1 aliphatic rings. The molecule has 220 valence electrons. The molecule has 0 radical (unpaired) electrons. The lowest BCUT2D eigenvalue weighted by Crippen LogP contribution is -2.36. The van der Waals surface area contributed by atoms with Crippen LogP contribution < -0.4 is 27.8 Å². The lowest BCUT2D eigenvalue weighted by atomic mass is 10.1. The van der Waals surface area contributed by atoms with Crippen LogP contribution in [0.1, 0.15) is 37.4 Å². The number of esters is 1. The van der Waals surface area contributed by atoms with Crippen molar-refractivity contribution in [1.82, 2.24) is 29.5 Å². The number of H-pyrrole nitrogens is 1. The van der Waals surface area contributed by atoms with E-state index in [1.54, 1.807) is 20.8 Å². The fourth-order valence-electron chi connectivity index (χ4n) is 4.06. The molecule has 0 saturated carbocycles. The number of hydrogen-bond acceptors (Lipinski definition) is 13. The van der Waals surface area contributed by atoms with Crippen LogP contribution >= 0.6 is 0 Å². The van der Waals surface area contributed by atoms with Gasteiger partial charge in [0.2, 0.25) is 5.95 Å². The van der Waals surface area contributed by atoms with E-state index in [0.717, 1.165) is 9.13 Å². The Bertz CT molecular complexity index is 1570. The summed E-state index contributed by atoms with van der Waals surface area (Å²) in [6, 6.07) is 2.78. The molecular weight excluding hydrogens is 544 g/mol. The molecule has 4 heterocycles. The van der Waals surface area contributed by atoms with Gasteiger partial charge in [-0.05, 0) is 32.9 Å². The van der Waals surface area contributed by atoms with Crippen LogP contribution in [-0.2, 0) is 20.8 Å². The molecule has 1 saturated heterocycles. The first-order valence-corrected chi connectivity index (χ1v) is 12.3. The molecule has 3 aromatic rings. The number of nitrogens with two attached hydrogens (primary N) is 1. The average Bonchev–Trinajstić information content (AvgIpc) is 3.32. The van der Waals surface area contributed by atoms with Crippen LogP contribution in [0.2, 0.25) is 0 Å². The molecule has 0 bridgehead atoms. The van der Waals surface area contributed by atoms with Crippen LogP contribution in [0.3, 0.4) is 0 Å². The van der Waals surface area contributed by atoms with Gasteiger partial charge in [0.15, 0.2) is 17.4 Å². The van der Waals surface area contributed by atoms with E-state index in [2.05, 4.69) is 32.4 Å². The highest BCUT2D eigenvalue weighted by molar-refractivity contribution is 5.89. The van der Waals surface area contributed by atoms with Gasteiger partial charge in [0.25, 0.3) is 5.56 Å². The Labute approximate surface area is 231 Å². The van der Waals surface area contributed by atoms with Gasteiger partial charge >= 0.3 is 17.8 Å². The lowest BCUT2D eigenvalue weighted by Gasteiger charge is -2.19. The summed E-state index contributed by atoms with van der Waals surface area (Å²) < 4.78 is 18.0. The average molecular weight is 575 g/mol. The van der Waals surface area contributed by atoms with Gasteiger partial charge in [-0.15, -0.1) is 6.58 Å². The standard InChI is InChI=1S/C24H30N8O9/c1-5-8-31-14-17(27-21(25)28-18(14)35)32(23(31)38)19-16(34)15(33)12(40-19)10-39-20(36)11-6-7-13(26-9-11)29-30-22(37)41-24(2,3)4/h5-7,9,12,15-16,19,33-34H,1,8,10H2,2-4H3,(H,26,29)(H,30,37)(H3,25,27,28,35)/t12-,15-,16-,19?/m1/s1. The minimum Gasteiger partial charge on any atom is -0.459 e. The number of carbonyl (C=O) groups is 2. The molecule has 1 fully saturated rings. The lowest BCUT2D eigenvalue weighted by molar-refractivity contribution is -0.0579. The highest BCUT2D eigenvalue weighted by Crippen LogP contribution is 2.30. The predicted octanol–water partition coefficient (Wildman–Crippen LogP) is -0.623. The quantitative estimate of drug-likeness (QED) is 0.112. The summed E-state index contributed by atoms with van der Waals surface area (Å²) in [6.07, 6.45) is -4.09. The summed E-state index contributed by atoms with van der Waals surface area (Å²) in [7, 11) is 0. The highest BCUT2D eigenvalue weighted by atomic mass is 16.6. The van der Waals surface area contributed by atoms with Gasteiger partial charge in [-0.3, -0.25) is 19.8 Å². The number of hydrazine groups is 1. The number of imidazole rings is 1. The van der Waals surface area contributed by atoms with E-state index in [-0.39, 0.29) is 35.0 Å². The number of allylic oxidation sites excluding steroid dienone is 1. The zero-order chi connectivity index (χ0) is 30.1. The summed E-state index contributed by atoms with van der Waals surface area (Å²) in [5, 5.41) is 21.3. The zero-order valence-corrected chi connectivity index (χ0v) is 22.4. The largest absolute Gasteiger partial charge is 0.459 e. The molecular formula is C24H30N8O9. The summed E-state index contributed by atoms with van der Waals surface area (Å²) in [5.41, 5.74) is 8.09. The molecule has 17 heteroatoms. The van der Waals surface area contributed by atoms with Gasteiger partial charge in [0.05, 0.1) is 5.56 Å². The van der Waals surface area contributed by atoms with E-state index >= 15 is 0 Å². The van der Waals surface area contributed by atoms with E-state index in [0.29, 0.717) is 0 Å². The molecule has 1 amide bonds. The number of aliphatic hydroxyl groups excluding tert-OH is 2. The van der Waals surface area contributed by atoms with Crippen molar-refractivity contribution in [3.05, 3.63) is 57.4 Å². The fourth-order valence-corrected chi connectivity index (χ4v) is 4.06. The minimum absolute atomic E-state index is 0.0417. The molecule has 1 unspecified atom stereocenters. The minimum atomic E-state index is -1.65. The monoisotopic (exact) mass is 574 g/mol. The summed E-state index contributed by atoms with van der Waals surface area (Å²) in [5.74, 6) is -0.887. The Morgan fingerprint density at radius 1 is 1.27 bits per heavy atom. The number of nitrogen functional groups attached to an aromatic ring is 1. The van der Waals surface area contributed by atoms with Crippen molar-refractivity contribution in [3.8, 4) is 0 Å². The highest BCUT2D eigenvalue weighted by Gasteiger charge is 2.46. The summed E-state index contributed by atoms with van der Waals surface area (Å²) in [4.78, 5) is 60.3. The van der Waals surface area contributed by atoms with Crippen molar-refractivity contribution in [1.29, 1.82) is 0 Å². The van der Waals surface area contributed by atoms with E-state index in [1.165, 1.54) is 24.4 Å². The van der Waals surface area contributed by atoms with Crippen molar-refractivity contribution in [2.45, 2.75) is 57.5 Å². The van der Waals surface area contributed by atoms with Crippen LogP contribution in [0.25, 0.3) is 11.2 Å². The molecule has 3 aromatic heterocycles. The Hall–Kier alpha value is -4.74. The van der Waals surface area contributed by atoms with Crippen molar-refractivity contribution >= 4 is 35.0 Å². The van der Waals surface area contributed by atoms with Gasteiger partial charge in [-0.1, -0.05) is 6.08 Å². The SMILES string of the molecule is C=CCn1c(=O)n(C2O[C@H](COC(=O)c3ccc(NNC(=O)OC(C)(C)C)nc3)[C@@H](O)[C@H]2O)c2nc(N)[nH]c(=O)c21. The molecule has 4 rings (SSSR count). The third kappa shape index (κ3) is 6.21. The maximum atomic E-state index is 13.2. The second kappa shape index (κ2) is 11.4. The molecule has 0 aliphatic carbocycles. The molecule has 0 aromatic carbocycles. The first-order valence-electron chi connectivity index (χ1n) is 12.3. The fraction of sp³-hybridized carbons (Fsp3) is 0.417. The number of fused-ring (bicyclic) bond motifs is 1. The third-order valence-electron chi connectivity index (χ3n) is 5.80. The van der Waals surface area contributed by atoms with Crippen LogP contribution in [0.4, 0.5) is 16.6 Å². The third-order valence-corrected chi connectivity index (χ3v) is 5.80. The van der Waals surface area contributed by atoms with Gasteiger partial charge in [0.1, 0.15) is 36.3 Å². The first kappa shape index (κ1) is 29.2. The van der Waals surface area contributed by atoms with Gasteiger partial charge in [-0.25, -0.2) is 29.4 Å². The molecule has 17 nitrogen and oxygen atoms in total. The maximum Gasteiger partial charge on any atom is 0.426 e. The Balaban J connectivity index is 1.43. The molecule has 0 spiro atoms. The van der Waals surface area contributed by atoms with E-state index < -0.39 is 60.1 Å². The normalized spacial score (nSPS) is 20.5. The number of hydrogen-bond donors (Lipinski definition) is 6. The molecule has 7 N–H and O–H groups in total. The molecule has 1 aliphatic heterocycles. The smallest absolute Gasteiger partial charge is 0.426 e. The van der Waals surface area contributed by atoms with Crippen molar-refractivity contribution < 1.29 is 34.0 Å². The number of aliphatic hydroxyl groups is 2. The topological polar surface area (TPSA) is 238 Å². The Morgan fingerprint density at radius 2 is 2.00 bits per heavy atom. The molecule has 41 heavy (non-hydrogen) atoms. The number of anilines is 2.